The van der Waals surface area contributed by atoms with Crippen molar-refractivity contribution in [2.75, 3.05) is 4.90 Å². The van der Waals surface area contributed by atoms with E-state index in [9.17, 15) is 5.11 Å². The monoisotopic (exact) mass is 1000 g/mol. The molecule has 0 spiro atoms. The molecule has 0 bridgehead atoms. The number of benzene rings is 6. The van der Waals surface area contributed by atoms with Gasteiger partial charge in [-0.1, -0.05) is 150 Å². The molecule has 2 atom stereocenters. The predicted molar refractivity (Wildman–Crippen MR) is 252 cm³/mol. The minimum Gasteiger partial charge on any atom is -0.506 e. The molecule has 0 unspecified atom stereocenters. The van der Waals surface area contributed by atoms with E-state index >= 15 is 0 Å². The zero-order valence-electron chi connectivity index (χ0n) is 36.1. The quantitative estimate of drug-likeness (QED) is 0.161. The molecule has 7 heteroatoms. The van der Waals surface area contributed by atoms with Gasteiger partial charge < -0.3 is 19.7 Å². The first-order valence-corrected chi connectivity index (χ1v) is 21.5. The van der Waals surface area contributed by atoms with E-state index in [0.29, 0.717) is 11.4 Å². The molecule has 10 rings (SSSR count). The van der Waals surface area contributed by atoms with Gasteiger partial charge in [0.25, 0.3) is 0 Å². The SMILES string of the molecule is CC(C)(C)c1cc(O)c2nc(Oc3[c-]c(C4=N[C@H]5CCc6ccccc6C(C)(C)[C@@H]5N4c4c(-c5ccccc5)cc(-c5ccccc5)cc4-c4ccccc4)ccn3)ccc2c1.[Pt]. The third-order valence-corrected chi connectivity index (χ3v) is 12.7. The Morgan fingerprint density at radius 2 is 1.33 bits per heavy atom. The molecule has 1 N–H and O–H groups in total. The van der Waals surface area contributed by atoms with E-state index in [1.54, 1.807) is 12.3 Å². The summed E-state index contributed by atoms with van der Waals surface area (Å²) in [4.78, 5) is 17.6. The van der Waals surface area contributed by atoms with Crippen LogP contribution >= 0.6 is 0 Å². The van der Waals surface area contributed by atoms with E-state index in [0.717, 1.165) is 74.3 Å². The fourth-order valence-corrected chi connectivity index (χ4v) is 9.60. The zero-order chi connectivity index (χ0) is 42.6. The molecule has 6 nitrogen and oxygen atoms in total. The summed E-state index contributed by atoms with van der Waals surface area (Å²) in [5, 5.41) is 11.9. The van der Waals surface area contributed by atoms with Gasteiger partial charge in [-0.2, -0.15) is 0 Å². The minimum absolute atomic E-state index is 0. The number of pyridine rings is 2. The van der Waals surface area contributed by atoms with Gasteiger partial charge in [-0.3, -0.25) is 0 Å². The summed E-state index contributed by atoms with van der Waals surface area (Å²) in [5.74, 6) is 1.52. The van der Waals surface area contributed by atoms with Crippen molar-refractivity contribution < 1.29 is 30.9 Å². The smallest absolute Gasteiger partial charge is 0.220 e. The summed E-state index contributed by atoms with van der Waals surface area (Å²) in [6.07, 6.45) is 3.59. The summed E-state index contributed by atoms with van der Waals surface area (Å²) in [6.45, 7) is 11.2. The Kier molecular flexibility index (Phi) is 11.1. The summed E-state index contributed by atoms with van der Waals surface area (Å²) in [5.41, 5.74) is 12.4. The summed E-state index contributed by atoms with van der Waals surface area (Å²) < 4.78 is 6.39. The molecule has 0 fully saturated rings. The largest absolute Gasteiger partial charge is 0.506 e. The summed E-state index contributed by atoms with van der Waals surface area (Å²) >= 11 is 0. The molecule has 0 amide bonds. The Bertz CT molecular complexity index is 2920. The van der Waals surface area contributed by atoms with Crippen molar-refractivity contribution in [3.05, 3.63) is 192 Å². The summed E-state index contributed by atoms with van der Waals surface area (Å²) in [7, 11) is 0. The van der Waals surface area contributed by atoms with Crippen LogP contribution < -0.4 is 9.64 Å². The number of aromatic nitrogens is 2. The molecular weight excluding hydrogens is 956 g/mol. The molecule has 1 aliphatic carbocycles. The van der Waals surface area contributed by atoms with Gasteiger partial charge >= 0.3 is 0 Å². The van der Waals surface area contributed by atoms with E-state index in [1.165, 1.54) is 11.1 Å². The van der Waals surface area contributed by atoms with Gasteiger partial charge in [0.1, 0.15) is 11.3 Å². The average molecular weight is 1010 g/mol. The van der Waals surface area contributed by atoms with Crippen LogP contribution in [-0.2, 0) is 38.3 Å². The molecule has 0 radical (unpaired) electrons. The first kappa shape index (κ1) is 42.0. The van der Waals surface area contributed by atoms with Gasteiger partial charge in [0, 0.05) is 60.6 Å². The second kappa shape index (κ2) is 16.7. The second-order valence-corrected chi connectivity index (χ2v) is 18.1. The molecule has 2 aromatic heterocycles. The number of fused-ring (bicyclic) bond motifs is 3. The van der Waals surface area contributed by atoms with Crippen LogP contribution in [0.5, 0.6) is 17.5 Å². The van der Waals surface area contributed by atoms with Crippen LogP contribution in [0, 0.1) is 6.07 Å². The molecule has 63 heavy (non-hydrogen) atoms. The Morgan fingerprint density at radius 3 is 1.98 bits per heavy atom. The van der Waals surface area contributed by atoms with E-state index in [4.69, 9.17) is 14.7 Å². The molecule has 3 heterocycles. The number of rotatable bonds is 7. The van der Waals surface area contributed by atoms with Crippen LogP contribution in [0.25, 0.3) is 44.3 Å². The minimum atomic E-state index is -0.320. The number of aliphatic imine (C=N–C) groups is 1. The maximum Gasteiger partial charge on any atom is 0.220 e. The number of aryl methyl sites for hydroxylation is 1. The standard InChI is InChI=1S/C56H49N4O2.Pt/c1-55(2,3)43-31-40-26-28-49(59-51(40)48(61)35-43)62-50-34-41(29-30-57-50)54-58-47-27-25-39-23-15-16-24-46(39)56(4,5)53(47)60(54)52-44(37-19-11-7-12-20-37)32-42(36-17-9-6-10-18-36)33-45(52)38-21-13-8-14-22-38;/h6-24,26,28-33,35,47,53,61H,25,27H2,1-5H3;/q-1;/t47-,53+;/m0./s1. The van der Waals surface area contributed by atoms with Crippen molar-refractivity contribution >= 4 is 22.4 Å². The van der Waals surface area contributed by atoms with Crippen molar-refractivity contribution in [1.29, 1.82) is 0 Å². The maximum absolute atomic E-state index is 11.1. The summed E-state index contributed by atoms with van der Waals surface area (Å²) in [6, 6.07) is 58.8. The molecule has 8 aromatic rings. The molecule has 2 aliphatic rings. The Labute approximate surface area is 384 Å². The van der Waals surface area contributed by atoms with Crippen molar-refractivity contribution in [3.63, 3.8) is 0 Å². The van der Waals surface area contributed by atoms with Crippen molar-refractivity contribution in [2.24, 2.45) is 4.99 Å². The van der Waals surface area contributed by atoms with Crippen LogP contribution in [0.1, 0.15) is 63.3 Å². The normalized spacial score (nSPS) is 16.7. The van der Waals surface area contributed by atoms with Gasteiger partial charge in [-0.15, -0.1) is 17.7 Å². The van der Waals surface area contributed by atoms with Crippen molar-refractivity contribution in [2.45, 2.75) is 70.4 Å². The van der Waals surface area contributed by atoms with Gasteiger partial charge in [0.2, 0.25) is 5.88 Å². The Morgan fingerprint density at radius 1 is 0.714 bits per heavy atom. The van der Waals surface area contributed by atoms with Crippen LogP contribution in [0.15, 0.2) is 169 Å². The number of aromatic hydroxyl groups is 1. The van der Waals surface area contributed by atoms with Crippen molar-refractivity contribution in [1.82, 2.24) is 9.97 Å². The topological polar surface area (TPSA) is 70.8 Å². The number of nitrogens with zero attached hydrogens (tertiary/aromatic N) is 4. The van der Waals surface area contributed by atoms with Gasteiger partial charge in [-0.25, -0.2) is 9.97 Å². The number of hydrogen-bond donors (Lipinski definition) is 1. The van der Waals surface area contributed by atoms with E-state index < -0.39 is 0 Å². The van der Waals surface area contributed by atoms with E-state index in [1.807, 2.05) is 18.2 Å². The zero-order valence-corrected chi connectivity index (χ0v) is 38.4. The third kappa shape index (κ3) is 7.87. The third-order valence-electron chi connectivity index (χ3n) is 12.7. The number of hydrogen-bond acceptors (Lipinski definition) is 6. The first-order valence-electron chi connectivity index (χ1n) is 21.5. The molecule has 0 saturated carbocycles. The van der Waals surface area contributed by atoms with Gasteiger partial charge in [0.05, 0.1) is 12.1 Å². The fourth-order valence-electron chi connectivity index (χ4n) is 9.60. The van der Waals surface area contributed by atoms with Crippen LogP contribution in [0.4, 0.5) is 5.69 Å². The van der Waals surface area contributed by atoms with Crippen LogP contribution in [0.2, 0.25) is 0 Å². The van der Waals surface area contributed by atoms with Crippen LogP contribution in [-0.4, -0.2) is 33.0 Å². The molecule has 316 valence electrons. The number of phenolic OH excluding ortho intramolecular Hbond substituents is 1. The van der Waals surface area contributed by atoms with E-state index in [-0.39, 0.29) is 55.6 Å². The molecule has 0 saturated heterocycles. The fraction of sp³-hybridized carbons (Fsp3) is 0.196. The molecule has 1 aliphatic heterocycles. The molecule has 6 aromatic carbocycles. The average Bonchev–Trinajstić information content (AvgIpc) is 3.64. The number of phenols is 1. The first-order chi connectivity index (χ1) is 30.0. The number of ether oxygens (including phenoxy) is 1. The number of anilines is 1. The van der Waals surface area contributed by atoms with E-state index in [2.05, 4.69) is 184 Å². The van der Waals surface area contributed by atoms with Crippen LogP contribution in [0.3, 0.4) is 0 Å². The van der Waals surface area contributed by atoms with Gasteiger partial charge in [0.15, 0.2) is 5.88 Å². The second-order valence-electron chi connectivity index (χ2n) is 18.1. The predicted octanol–water partition coefficient (Wildman–Crippen LogP) is 13.2. The maximum atomic E-state index is 11.1. The van der Waals surface area contributed by atoms with Gasteiger partial charge in [-0.05, 0) is 93.7 Å². The van der Waals surface area contributed by atoms with Crippen molar-refractivity contribution in [3.8, 4) is 50.9 Å². The molecular formula is C56H49N4O2Pt-. The Hall–Kier alpha value is -6.36. The Balaban J connectivity index is 0.00000504. The number of amidine groups is 1.